The number of carbonyl (C=O) groups is 1. The Kier molecular flexibility index (Phi) is 3.02. The van der Waals surface area contributed by atoms with Gasteiger partial charge < -0.3 is 21.6 Å². The average Bonchev–Trinajstić information content (AvgIpc) is 2.83. The van der Waals surface area contributed by atoms with Crippen molar-refractivity contribution < 1.29 is 9.21 Å². The third-order valence-electron chi connectivity index (χ3n) is 2.11. The molecule has 2 rings (SSSR count). The Morgan fingerprint density at radius 1 is 1.44 bits per heavy atom. The van der Waals surface area contributed by atoms with E-state index in [1.165, 1.54) is 11.3 Å². The molecule has 0 aliphatic rings. The standard InChI is InChI=1S/C10H11N5O2S/c1-4-2-6(8(11)16)17-7(4)5-3-18-10(14-5)15-9(12)13/h2-3H,1H3,(H2,11,16)(H4,12,13,14,15). The van der Waals surface area contributed by atoms with Gasteiger partial charge in [0.2, 0.25) is 5.13 Å². The number of primary amides is 1. The molecule has 2 aromatic rings. The van der Waals surface area contributed by atoms with Gasteiger partial charge in [-0.25, -0.2) is 4.98 Å². The predicted octanol–water partition coefficient (Wildman–Crippen LogP) is 0.715. The van der Waals surface area contributed by atoms with Crippen molar-refractivity contribution in [2.24, 2.45) is 22.2 Å². The van der Waals surface area contributed by atoms with E-state index in [2.05, 4.69) is 9.98 Å². The molecule has 0 bridgehead atoms. The summed E-state index contributed by atoms with van der Waals surface area (Å²) in [5.74, 6) is -0.107. The minimum absolute atomic E-state index is 0.0649. The van der Waals surface area contributed by atoms with Crippen LogP contribution in [0.3, 0.4) is 0 Å². The van der Waals surface area contributed by atoms with Gasteiger partial charge in [-0.05, 0) is 18.6 Å². The Hall–Kier alpha value is -2.35. The molecule has 7 nitrogen and oxygen atoms in total. The number of aliphatic imine (C=N–C) groups is 1. The van der Waals surface area contributed by atoms with Crippen molar-refractivity contribution in [1.29, 1.82) is 0 Å². The number of guanidine groups is 1. The Morgan fingerprint density at radius 3 is 2.72 bits per heavy atom. The van der Waals surface area contributed by atoms with Crippen LogP contribution in [0.5, 0.6) is 0 Å². The number of rotatable bonds is 3. The lowest BCUT2D eigenvalue weighted by atomic mass is 10.2. The highest BCUT2D eigenvalue weighted by molar-refractivity contribution is 7.13. The molecule has 0 aliphatic carbocycles. The number of hydrogen-bond donors (Lipinski definition) is 3. The van der Waals surface area contributed by atoms with Crippen LogP contribution in [0.1, 0.15) is 16.1 Å². The number of thiazole rings is 1. The number of aryl methyl sites for hydroxylation is 1. The summed E-state index contributed by atoms with van der Waals surface area (Å²) in [5, 5.41) is 2.15. The Labute approximate surface area is 106 Å². The molecular formula is C10H11N5O2S. The van der Waals surface area contributed by atoms with E-state index >= 15 is 0 Å². The molecule has 0 fully saturated rings. The van der Waals surface area contributed by atoms with Crippen molar-refractivity contribution in [3.63, 3.8) is 0 Å². The second-order valence-corrected chi connectivity index (χ2v) is 4.38. The molecule has 8 heteroatoms. The van der Waals surface area contributed by atoms with Gasteiger partial charge in [-0.2, -0.15) is 4.99 Å². The van der Waals surface area contributed by atoms with Gasteiger partial charge in [0.15, 0.2) is 17.5 Å². The minimum atomic E-state index is -0.621. The summed E-state index contributed by atoms with van der Waals surface area (Å²) in [6.45, 7) is 1.80. The van der Waals surface area contributed by atoms with Gasteiger partial charge >= 0.3 is 0 Å². The van der Waals surface area contributed by atoms with Crippen LogP contribution in [-0.2, 0) is 0 Å². The Morgan fingerprint density at radius 2 is 2.17 bits per heavy atom. The summed E-state index contributed by atoms with van der Waals surface area (Å²) < 4.78 is 5.34. The molecule has 0 atom stereocenters. The molecule has 0 aromatic carbocycles. The molecule has 94 valence electrons. The first-order valence-corrected chi connectivity index (χ1v) is 5.81. The number of aromatic nitrogens is 1. The highest BCUT2D eigenvalue weighted by atomic mass is 32.1. The van der Waals surface area contributed by atoms with Gasteiger partial charge in [0.1, 0.15) is 5.69 Å². The van der Waals surface area contributed by atoms with Crippen LogP contribution in [-0.4, -0.2) is 16.9 Å². The van der Waals surface area contributed by atoms with E-state index in [-0.39, 0.29) is 11.7 Å². The molecule has 0 aliphatic heterocycles. The van der Waals surface area contributed by atoms with Crippen molar-refractivity contribution in [3.8, 4) is 11.5 Å². The van der Waals surface area contributed by atoms with Crippen LogP contribution in [0.25, 0.3) is 11.5 Å². The quantitative estimate of drug-likeness (QED) is 0.555. The van der Waals surface area contributed by atoms with Gasteiger partial charge in [0.05, 0.1) is 0 Å². The van der Waals surface area contributed by atoms with Crippen molar-refractivity contribution >= 4 is 28.3 Å². The molecule has 0 saturated heterocycles. The second kappa shape index (κ2) is 4.49. The zero-order valence-corrected chi connectivity index (χ0v) is 10.3. The zero-order chi connectivity index (χ0) is 13.3. The highest BCUT2D eigenvalue weighted by Crippen LogP contribution is 2.30. The van der Waals surface area contributed by atoms with E-state index in [1.54, 1.807) is 18.4 Å². The average molecular weight is 265 g/mol. The summed E-state index contributed by atoms with van der Waals surface area (Å²) >= 11 is 1.26. The van der Waals surface area contributed by atoms with Crippen LogP contribution >= 0.6 is 11.3 Å². The number of amides is 1. The van der Waals surface area contributed by atoms with Gasteiger partial charge in [0.25, 0.3) is 5.91 Å². The van der Waals surface area contributed by atoms with Gasteiger partial charge in [-0.15, -0.1) is 11.3 Å². The fourth-order valence-corrected chi connectivity index (χ4v) is 2.07. The molecule has 0 unspecified atom stereocenters. The lowest BCUT2D eigenvalue weighted by Gasteiger charge is -1.92. The first-order chi connectivity index (χ1) is 8.47. The van der Waals surface area contributed by atoms with Gasteiger partial charge in [-0.1, -0.05) is 0 Å². The van der Waals surface area contributed by atoms with Gasteiger partial charge in [-0.3, -0.25) is 4.79 Å². The SMILES string of the molecule is Cc1cc(C(N)=O)oc1-c1csc(N=C(N)N)n1. The number of hydrogen-bond acceptors (Lipinski definition) is 5. The van der Waals surface area contributed by atoms with Crippen LogP contribution in [0.4, 0.5) is 5.13 Å². The van der Waals surface area contributed by atoms with Crippen molar-refractivity contribution in [3.05, 3.63) is 22.8 Å². The van der Waals surface area contributed by atoms with E-state index in [1.807, 2.05) is 0 Å². The van der Waals surface area contributed by atoms with E-state index in [9.17, 15) is 4.79 Å². The number of nitrogens with two attached hydrogens (primary N) is 3. The molecular weight excluding hydrogens is 254 g/mol. The van der Waals surface area contributed by atoms with Crippen LogP contribution < -0.4 is 17.2 Å². The fourth-order valence-electron chi connectivity index (χ4n) is 1.39. The fraction of sp³-hybridized carbons (Fsp3) is 0.100. The first-order valence-electron chi connectivity index (χ1n) is 4.93. The molecule has 0 radical (unpaired) electrons. The summed E-state index contributed by atoms with van der Waals surface area (Å²) in [7, 11) is 0. The smallest absolute Gasteiger partial charge is 0.284 e. The summed E-state index contributed by atoms with van der Waals surface area (Å²) in [6, 6.07) is 1.57. The van der Waals surface area contributed by atoms with Crippen molar-refractivity contribution in [1.82, 2.24) is 4.98 Å². The molecule has 0 saturated carbocycles. The maximum absolute atomic E-state index is 11.0. The van der Waals surface area contributed by atoms with Crippen LogP contribution in [0.2, 0.25) is 0 Å². The lowest BCUT2D eigenvalue weighted by molar-refractivity contribution is 0.0974. The molecule has 2 aromatic heterocycles. The zero-order valence-electron chi connectivity index (χ0n) is 9.51. The van der Waals surface area contributed by atoms with Crippen LogP contribution in [0.15, 0.2) is 20.9 Å². The monoisotopic (exact) mass is 265 g/mol. The second-order valence-electron chi connectivity index (χ2n) is 3.54. The van der Waals surface area contributed by atoms with Crippen LogP contribution in [0, 0.1) is 6.92 Å². The first kappa shape index (κ1) is 12.1. The third kappa shape index (κ3) is 2.33. The maximum Gasteiger partial charge on any atom is 0.284 e. The Balaban J connectivity index is 2.40. The third-order valence-corrected chi connectivity index (χ3v) is 2.84. The molecule has 2 heterocycles. The minimum Gasteiger partial charge on any atom is -0.449 e. The van der Waals surface area contributed by atoms with Crippen molar-refractivity contribution in [2.75, 3.05) is 0 Å². The van der Waals surface area contributed by atoms with Crippen molar-refractivity contribution in [2.45, 2.75) is 6.92 Å². The van der Waals surface area contributed by atoms with E-state index in [0.29, 0.717) is 16.6 Å². The molecule has 1 amide bonds. The topological polar surface area (TPSA) is 134 Å². The summed E-state index contributed by atoms with van der Waals surface area (Å²) in [4.78, 5) is 19.0. The maximum atomic E-state index is 11.0. The molecule has 18 heavy (non-hydrogen) atoms. The number of nitrogens with zero attached hydrogens (tertiary/aromatic N) is 2. The summed E-state index contributed by atoms with van der Waals surface area (Å²) in [6.07, 6.45) is 0. The summed E-state index contributed by atoms with van der Waals surface area (Å²) in [5.41, 5.74) is 17.0. The number of furan rings is 1. The number of carbonyl (C=O) groups excluding carboxylic acids is 1. The normalized spacial score (nSPS) is 10.3. The largest absolute Gasteiger partial charge is 0.449 e. The highest BCUT2D eigenvalue weighted by Gasteiger charge is 2.15. The lowest BCUT2D eigenvalue weighted by Crippen LogP contribution is -2.21. The van der Waals surface area contributed by atoms with E-state index < -0.39 is 5.91 Å². The molecule has 6 N–H and O–H groups in total. The van der Waals surface area contributed by atoms with E-state index in [4.69, 9.17) is 21.6 Å². The predicted molar refractivity (Wildman–Crippen MR) is 68.5 cm³/mol. The Bertz CT molecular complexity index is 624. The van der Waals surface area contributed by atoms with E-state index in [0.717, 1.165) is 5.56 Å². The molecule has 0 spiro atoms. The van der Waals surface area contributed by atoms with Gasteiger partial charge in [0, 0.05) is 5.38 Å².